The quantitative estimate of drug-likeness (QED) is 0.0715. The molecule has 10 nitrogen and oxygen atoms in total. The number of unbranched alkanes of at least 4 members (excludes halogenated alkanes) is 2. The van der Waals surface area contributed by atoms with Crippen molar-refractivity contribution in [1.82, 2.24) is 0 Å². The van der Waals surface area contributed by atoms with Crippen LogP contribution in [-0.2, 0) is 19.1 Å². The van der Waals surface area contributed by atoms with Crippen molar-refractivity contribution in [2.75, 3.05) is 31.7 Å². The molecule has 0 aliphatic rings. The van der Waals surface area contributed by atoms with Gasteiger partial charge >= 0.3 is 17.9 Å². The number of rotatable bonds is 18. The maximum atomic E-state index is 12.7. The minimum Gasteiger partial charge on any atom is -0.494 e. The Balaban J connectivity index is 1.41. The minimum absolute atomic E-state index is 0.216. The van der Waals surface area contributed by atoms with Gasteiger partial charge in [0, 0.05) is 23.4 Å². The normalized spacial score (nSPS) is 10.2. The number of hydrogen-bond donors (Lipinski definition) is 1. The minimum atomic E-state index is -0.583. The molecule has 232 valence electrons. The van der Waals surface area contributed by atoms with E-state index in [0.29, 0.717) is 80.4 Å². The fourth-order valence-corrected chi connectivity index (χ4v) is 3.72. The number of hydrogen-bond acceptors (Lipinski definition) is 9. The van der Waals surface area contributed by atoms with E-state index in [9.17, 15) is 19.2 Å². The van der Waals surface area contributed by atoms with Gasteiger partial charge in [-0.1, -0.05) is 18.6 Å². The predicted octanol–water partition coefficient (Wildman–Crippen LogP) is 4.73. The molecule has 0 aliphatic carbocycles. The maximum absolute atomic E-state index is 12.7. The highest BCUT2D eigenvalue weighted by Crippen LogP contribution is 2.19. The predicted molar refractivity (Wildman–Crippen MR) is 169 cm³/mol. The number of benzene rings is 3. The number of esters is 3. The van der Waals surface area contributed by atoms with Gasteiger partial charge < -0.3 is 29.0 Å². The number of nitrogens with one attached hydrogen (secondary N) is 1. The Morgan fingerprint density at radius 1 is 0.644 bits per heavy atom. The first-order valence-corrected chi connectivity index (χ1v) is 14.3. The Labute approximate surface area is 263 Å². The number of carbonyl (C=O) groups is 4. The monoisotopic (exact) mass is 611 g/mol. The zero-order valence-electron chi connectivity index (χ0n) is 24.8. The summed E-state index contributed by atoms with van der Waals surface area (Å²) in [5.41, 5.74) is 1.29. The van der Waals surface area contributed by atoms with Crippen molar-refractivity contribution in [2.45, 2.75) is 25.7 Å². The molecule has 3 aromatic carbocycles. The molecule has 45 heavy (non-hydrogen) atoms. The van der Waals surface area contributed by atoms with Gasteiger partial charge in [0.15, 0.2) is 0 Å². The molecule has 2 radical (unpaired) electrons. The highest BCUT2D eigenvalue weighted by Gasteiger charge is 2.12. The highest BCUT2D eigenvalue weighted by atomic mass is 16.5. The third-order valence-corrected chi connectivity index (χ3v) is 6.13. The first kappa shape index (κ1) is 34.2. The van der Waals surface area contributed by atoms with Crippen LogP contribution in [-0.4, -0.2) is 58.1 Å². The maximum Gasteiger partial charge on any atom is 0.343 e. The van der Waals surface area contributed by atoms with Gasteiger partial charge in [0.2, 0.25) is 0 Å². The van der Waals surface area contributed by atoms with Crippen LogP contribution in [0.25, 0.3) is 0 Å². The molecule has 0 saturated carbocycles. The Bertz CT molecular complexity index is 1470. The van der Waals surface area contributed by atoms with Crippen LogP contribution in [0.3, 0.4) is 0 Å². The van der Waals surface area contributed by atoms with Gasteiger partial charge in [-0.15, -0.1) is 0 Å². The summed E-state index contributed by atoms with van der Waals surface area (Å²) in [5.74, 6) is -0.462. The van der Waals surface area contributed by atoms with E-state index in [2.05, 4.69) is 18.5 Å². The van der Waals surface area contributed by atoms with E-state index < -0.39 is 17.9 Å². The topological polar surface area (TPSA) is 126 Å². The summed E-state index contributed by atoms with van der Waals surface area (Å²) < 4.78 is 26.6. The van der Waals surface area contributed by atoms with Gasteiger partial charge in [0.05, 0.1) is 32.0 Å². The van der Waals surface area contributed by atoms with Crippen LogP contribution in [0.4, 0.5) is 5.69 Å². The molecule has 1 amide bonds. The Kier molecular flexibility index (Phi) is 14.0. The molecule has 3 rings (SSSR count). The number of carbonyl (C=O) groups excluding carboxylic acids is 4. The summed E-state index contributed by atoms with van der Waals surface area (Å²) in [6.07, 6.45) is 4.93. The van der Waals surface area contributed by atoms with Crippen molar-refractivity contribution >= 4 is 42.8 Å². The lowest BCUT2D eigenvalue weighted by atomic mass is 9.93. The van der Waals surface area contributed by atoms with Crippen molar-refractivity contribution < 1.29 is 42.9 Å². The fourth-order valence-electron chi connectivity index (χ4n) is 3.72. The van der Waals surface area contributed by atoms with Crippen LogP contribution >= 0.6 is 0 Å². The first-order chi connectivity index (χ1) is 21.8. The van der Waals surface area contributed by atoms with E-state index in [0.717, 1.165) is 12.2 Å². The van der Waals surface area contributed by atoms with Crippen molar-refractivity contribution in [3.05, 3.63) is 103 Å². The van der Waals surface area contributed by atoms with Crippen LogP contribution in [0.15, 0.2) is 92.0 Å². The van der Waals surface area contributed by atoms with E-state index in [1.165, 1.54) is 12.1 Å². The molecule has 3 aromatic rings. The Morgan fingerprint density at radius 3 is 1.60 bits per heavy atom. The average Bonchev–Trinajstić information content (AvgIpc) is 3.05. The fraction of sp³-hybridized carbons (Fsp3) is 0.235. The molecule has 0 aromatic heterocycles. The molecule has 0 atom stereocenters. The van der Waals surface area contributed by atoms with Gasteiger partial charge in [-0.2, -0.15) is 0 Å². The van der Waals surface area contributed by atoms with E-state index in [4.69, 9.17) is 31.5 Å². The molecular weight excluding hydrogens is 577 g/mol. The molecule has 0 spiro atoms. The standard InChI is InChI=1S/C34H34BNO9/c1-3-31(37)43-21-7-5-19-41-26-13-9-24(10-14-26)33(39)36-30-18-17-28(23-29(30)35)45-34(40)25-11-15-27(16-12-25)42-20-6-8-22-44-32(38)4-2/h3-4,9-18,23H,1-2,5-8,19-22H2,(H,36,39). The Morgan fingerprint density at radius 2 is 1.11 bits per heavy atom. The summed E-state index contributed by atoms with van der Waals surface area (Å²) in [5, 5.41) is 2.75. The van der Waals surface area contributed by atoms with Crippen molar-refractivity contribution in [3.8, 4) is 17.2 Å². The van der Waals surface area contributed by atoms with Crippen molar-refractivity contribution in [3.63, 3.8) is 0 Å². The largest absolute Gasteiger partial charge is 0.494 e. The second-order valence-corrected chi connectivity index (χ2v) is 9.50. The molecule has 11 heteroatoms. The van der Waals surface area contributed by atoms with E-state index in [1.807, 2.05) is 0 Å². The molecule has 0 saturated heterocycles. The van der Waals surface area contributed by atoms with Crippen LogP contribution in [0.5, 0.6) is 17.2 Å². The number of anilines is 1. The van der Waals surface area contributed by atoms with E-state index in [1.54, 1.807) is 54.6 Å². The van der Waals surface area contributed by atoms with Gasteiger partial charge in [0.1, 0.15) is 25.1 Å². The molecule has 0 heterocycles. The molecule has 0 unspecified atom stereocenters. The Hall–Kier alpha value is -5.32. The van der Waals surface area contributed by atoms with Gasteiger partial charge in [-0.05, 0) is 92.4 Å². The lowest BCUT2D eigenvalue weighted by Crippen LogP contribution is -2.19. The summed E-state index contributed by atoms with van der Waals surface area (Å²) in [7, 11) is 6.11. The average molecular weight is 611 g/mol. The van der Waals surface area contributed by atoms with Crippen LogP contribution in [0.2, 0.25) is 0 Å². The van der Waals surface area contributed by atoms with Crippen LogP contribution in [0, 0.1) is 0 Å². The van der Waals surface area contributed by atoms with Crippen molar-refractivity contribution in [1.29, 1.82) is 0 Å². The second kappa shape index (κ2) is 18.4. The number of amides is 1. The third kappa shape index (κ3) is 12.1. The number of ether oxygens (including phenoxy) is 5. The molecular formula is C34H34BNO9. The smallest absolute Gasteiger partial charge is 0.343 e. The van der Waals surface area contributed by atoms with E-state index in [-0.39, 0.29) is 17.1 Å². The summed E-state index contributed by atoms with van der Waals surface area (Å²) in [6, 6.07) is 17.6. The first-order valence-electron chi connectivity index (χ1n) is 14.3. The van der Waals surface area contributed by atoms with Crippen molar-refractivity contribution in [2.24, 2.45) is 0 Å². The molecule has 0 aliphatic heterocycles. The van der Waals surface area contributed by atoms with Gasteiger partial charge in [-0.3, -0.25) is 4.79 Å². The van der Waals surface area contributed by atoms with Gasteiger partial charge in [0.25, 0.3) is 5.91 Å². The lowest BCUT2D eigenvalue weighted by Gasteiger charge is -2.12. The van der Waals surface area contributed by atoms with Crippen LogP contribution < -0.4 is 25.0 Å². The zero-order valence-corrected chi connectivity index (χ0v) is 24.8. The summed E-state index contributed by atoms with van der Waals surface area (Å²) in [6.45, 7) is 8.13. The van der Waals surface area contributed by atoms with E-state index >= 15 is 0 Å². The molecule has 0 fully saturated rings. The third-order valence-electron chi connectivity index (χ3n) is 6.13. The summed E-state index contributed by atoms with van der Waals surface area (Å²) >= 11 is 0. The molecule has 1 N–H and O–H groups in total. The van der Waals surface area contributed by atoms with Gasteiger partial charge in [-0.25, -0.2) is 14.4 Å². The second-order valence-electron chi connectivity index (χ2n) is 9.50. The van der Waals surface area contributed by atoms with Crippen LogP contribution in [0.1, 0.15) is 46.4 Å². The molecule has 0 bridgehead atoms. The summed E-state index contributed by atoms with van der Waals surface area (Å²) in [4.78, 5) is 47.4. The zero-order chi connectivity index (χ0) is 32.4. The SMILES string of the molecule is [B]c1cc(OC(=O)c2ccc(OCCCCOC(=O)C=C)cc2)ccc1NC(=O)c1ccc(OCCCCOC(=O)C=C)cc1. The lowest BCUT2D eigenvalue weighted by molar-refractivity contribution is -0.138. The highest BCUT2D eigenvalue weighted by molar-refractivity contribution is 6.36.